The fourth-order valence-corrected chi connectivity index (χ4v) is 2.94. The molecule has 0 radical (unpaired) electrons. The number of piperidine rings is 1. The van der Waals surface area contributed by atoms with Gasteiger partial charge in [-0.25, -0.2) is 4.79 Å². The Morgan fingerprint density at radius 1 is 1.58 bits per heavy atom. The second-order valence-electron chi connectivity index (χ2n) is 4.85. The van der Waals surface area contributed by atoms with Crippen LogP contribution in [0.5, 0.6) is 0 Å². The Balaban J connectivity index is 2.28. The van der Waals surface area contributed by atoms with Gasteiger partial charge in [-0.3, -0.25) is 0 Å². The predicted molar refractivity (Wildman–Crippen MR) is 75.2 cm³/mol. The normalized spacial score (nSPS) is 19.5. The topological polar surface area (TPSA) is 49.8 Å². The summed E-state index contributed by atoms with van der Waals surface area (Å²) in [6.07, 6.45) is 2.13. The average molecular weight is 284 g/mol. The highest BCUT2D eigenvalue weighted by Crippen LogP contribution is 2.33. The molecule has 0 amide bonds. The minimum absolute atomic E-state index is 0.269. The molecule has 1 aromatic rings. The van der Waals surface area contributed by atoms with E-state index in [1.54, 1.807) is 25.3 Å². The van der Waals surface area contributed by atoms with Gasteiger partial charge < -0.3 is 14.7 Å². The third-order valence-corrected chi connectivity index (χ3v) is 3.76. The van der Waals surface area contributed by atoms with Gasteiger partial charge in [0.2, 0.25) is 0 Å². The molecule has 0 bridgehead atoms. The van der Waals surface area contributed by atoms with Gasteiger partial charge in [0.15, 0.2) is 0 Å². The van der Waals surface area contributed by atoms with Gasteiger partial charge in [0.25, 0.3) is 0 Å². The van der Waals surface area contributed by atoms with Crippen molar-refractivity contribution >= 4 is 23.3 Å². The maximum atomic E-state index is 11.3. The first-order valence-corrected chi connectivity index (χ1v) is 6.77. The molecule has 1 atom stereocenters. The molecule has 1 aliphatic heterocycles. The minimum Gasteiger partial charge on any atom is -0.478 e. The Hall–Kier alpha value is -1.26. The van der Waals surface area contributed by atoms with Crippen LogP contribution < -0.4 is 4.90 Å². The largest absolute Gasteiger partial charge is 0.478 e. The summed E-state index contributed by atoms with van der Waals surface area (Å²) in [6.45, 7) is 2.32. The highest BCUT2D eigenvalue weighted by atomic mass is 35.5. The van der Waals surface area contributed by atoms with Gasteiger partial charge in [-0.1, -0.05) is 17.7 Å². The first kappa shape index (κ1) is 14.2. The molecule has 1 unspecified atom stereocenters. The second kappa shape index (κ2) is 6.26. The Kier molecular flexibility index (Phi) is 4.66. The van der Waals surface area contributed by atoms with Gasteiger partial charge in [0.1, 0.15) is 0 Å². The Bertz CT molecular complexity index is 462. The molecule has 0 aliphatic carbocycles. The molecule has 0 saturated carbocycles. The van der Waals surface area contributed by atoms with Crippen LogP contribution in [-0.4, -0.2) is 37.9 Å². The number of rotatable bonds is 4. The minimum atomic E-state index is -0.939. The zero-order chi connectivity index (χ0) is 13.8. The van der Waals surface area contributed by atoms with E-state index >= 15 is 0 Å². The fraction of sp³-hybridized carbons (Fsp3) is 0.500. The fourth-order valence-electron chi connectivity index (χ4n) is 2.65. The lowest BCUT2D eigenvalue weighted by Crippen LogP contribution is -2.38. The summed E-state index contributed by atoms with van der Waals surface area (Å²) in [7, 11) is 1.69. The van der Waals surface area contributed by atoms with Crippen LogP contribution in [0.25, 0.3) is 0 Å². The molecule has 4 nitrogen and oxygen atoms in total. The van der Waals surface area contributed by atoms with Crippen LogP contribution in [0.2, 0.25) is 5.02 Å². The maximum Gasteiger partial charge on any atom is 0.337 e. The van der Waals surface area contributed by atoms with Gasteiger partial charge >= 0.3 is 5.97 Å². The average Bonchev–Trinajstić information content (AvgIpc) is 2.39. The van der Waals surface area contributed by atoms with Gasteiger partial charge in [-0.2, -0.15) is 0 Å². The Morgan fingerprint density at radius 2 is 2.37 bits per heavy atom. The molecule has 1 fully saturated rings. The van der Waals surface area contributed by atoms with Crippen LogP contribution in [0.4, 0.5) is 5.69 Å². The zero-order valence-electron chi connectivity index (χ0n) is 10.9. The van der Waals surface area contributed by atoms with Crippen LogP contribution in [0.3, 0.4) is 0 Å². The monoisotopic (exact) mass is 283 g/mol. The first-order valence-electron chi connectivity index (χ1n) is 6.39. The molecular weight excluding hydrogens is 266 g/mol. The lowest BCUT2D eigenvalue weighted by atomic mass is 9.97. The van der Waals surface area contributed by atoms with Gasteiger partial charge in [0, 0.05) is 20.2 Å². The van der Waals surface area contributed by atoms with E-state index in [1.807, 2.05) is 0 Å². The zero-order valence-corrected chi connectivity index (χ0v) is 11.7. The summed E-state index contributed by atoms with van der Waals surface area (Å²) in [5, 5.41) is 9.78. The second-order valence-corrected chi connectivity index (χ2v) is 5.26. The number of anilines is 1. The highest BCUT2D eigenvalue weighted by Gasteiger charge is 2.25. The molecule has 19 heavy (non-hydrogen) atoms. The molecule has 0 aromatic heterocycles. The number of nitrogens with zero attached hydrogens (tertiary/aromatic N) is 1. The van der Waals surface area contributed by atoms with Crippen molar-refractivity contribution in [2.75, 3.05) is 31.7 Å². The third-order valence-electron chi connectivity index (χ3n) is 3.45. The number of benzene rings is 1. The molecule has 0 spiro atoms. The summed E-state index contributed by atoms with van der Waals surface area (Å²) in [4.78, 5) is 13.4. The first-order chi connectivity index (χ1) is 9.13. The van der Waals surface area contributed by atoms with Crippen LogP contribution in [-0.2, 0) is 4.74 Å². The van der Waals surface area contributed by atoms with Gasteiger partial charge in [0.05, 0.1) is 22.9 Å². The summed E-state index contributed by atoms with van der Waals surface area (Å²) >= 11 is 6.20. The van der Waals surface area contributed by atoms with Crippen molar-refractivity contribution in [3.8, 4) is 0 Å². The Morgan fingerprint density at radius 3 is 3.05 bits per heavy atom. The molecule has 1 aromatic carbocycles. The molecule has 2 rings (SSSR count). The van der Waals surface area contributed by atoms with Crippen LogP contribution in [0, 0.1) is 5.92 Å². The number of carboxylic acids is 1. The number of hydrogen-bond donors (Lipinski definition) is 1. The predicted octanol–water partition coefficient (Wildman–Crippen LogP) is 2.90. The van der Waals surface area contributed by atoms with E-state index < -0.39 is 5.97 Å². The third kappa shape index (κ3) is 3.19. The number of aromatic carboxylic acids is 1. The maximum absolute atomic E-state index is 11.3. The van der Waals surface area contributed by atoms with E-state index in [9.17, 15) is 9.90 Å². The number of methoxy groups -OCH3 is 1. The lowest BCUT2D eigenvalue weighted by molar-refractivity contribution is 0.0697. The summed E-state index contributed by atoms with van der Waals surface area (Å²) in [6, 6.07) is 5.01. The van der Waals surface area contributed by atoms with E-state index in [0.717, 1.165) is 25.9 Å². The van der Waals surface area contributed by atoms with Crippen LogP contribution >= 0.6 is 11.6 Å². The number of halogens is 1. The summed E-state index contributed by atoms with van der Waals surface area (Å²) < 4.78 is 5.20. The Labute approximate surface area is 117 Å². The van der Waals surface area contributed by atoms with Crippen LogP contribution in [0.15, 0.2) is 18.2 Å². The SMILES string of the molecule is COCC1CCCN(c2c(Cl)cccc2C(=O)O)C1. The summed E-state index contributed by atoms with van der Waals surface area (Å²) in [5.74, 6) is -0.511. The van der Waals surface area contributed by atoms with Crippen molar-refractivity contribution in [2.24, 2.45) is 5.92 Å². The molecule has 1 aliphatic rings. The molecule has 104 valence electrons. The molecular formula is C14H18ClNO3. The molecule has 1 N–H and O–H groups in total. The van der Waals surface area contributed by atoms with E-state index in [-0.39, 0.29) is 5.56 Å². The van der Waals surface area contributed by atoms with Crippen molar-refractivity contribution in [3.63, 3.8) is 0 Å². The molecule has 1 heterocycles. The van der Waals surface area contributed by atoms with Gasteiger partial charge in [-0.15, -0.1) is 0 Å². The van der Waals surface area contributed by atoms with Gasteiger partial charge in [-0.05, 0) is 30.9 Å². The van der Waals surface area contributed by atoms with E-state index in [4.69, 9.17) is 16.3 Å². The number of para-hydroxylation sites is 1. The van der Waals surface area contributed by atoms with E-state index in [2.05, 4.69) is 4.90 Å². The number of carbonyl (C=O) groups is 1. The van der Waals surface area contributed by atoms with Crippen LogP contribution in [0.1, 0.15) is 23.2 Å². The lowest BCUT2D eigenvalue weighted by Gasteiger charge is -2.35. The van der Waals surface area contributed by atoms with Crippen molar-refractivity contribution < 1.29 is 14.6 Å². The van der Waals surface area contributed by atoms with Crippen molar-refractivity contribution in [1.29, 1.82) is 0 Å². The number of carboxylic acid groups (broad SMARTS) is 1. The van der Waals surface area contributed by atoms with Crippen molar-refractivity contribution in [1.82, 2.24) is 0 Å². The van der Waals surface area contributed by atoms with Crippen molar-refractivity contribution in [3.05, 3.63) is 28.8 Å². The number of ether oxygens (including phenoxy) is 1. The standard InChI is InChI=1S/C14H18ClNO3/c1-19-9-10-4-3-7-16(8-10)13-11(14(17)18)5-2-6-12(13)15/h2,5-6,10H,3-4,7-9H2,1H3,(H,17,18). The number of hydrogen-bond acceptors (Lipinski definition) is 3. The van der Waals surface area contributed by atoms with E-state index in [1.165, 1.54) is 0 Å². The summed E-state index contributed by atoms with van der Waals surface area (Å²) in [5.41, 5.74) is 0.906. The molecule has 1 saturated heterocycles. The molecule has 5 heteroatoms. The quantitative estimate of drug-likeness (QED) is 0.923. The smallest absolute Gasteiger partial charge is 0.337 e. The van der Waals surface area contributed by atoms with Crippen molar-refractivity contribution in [2.45, 2.75) is 12.8 Å². The van der Waals surface area contributed by atoms with E-state index in [0.29, 0.717) is 23.2 Å². The highest BCUT2D eigenvalue weighted by molar-refractivity contribution is 6.34.